The molecular weight excluding hydrogens is 195 g/mol. The van der Waals surface area contributed by atoms with Crippen LogP contribution in [0.3, 0.4) is 0 Å². The fourth-order valence-electron chi connectivity index (χ4n) is 1.18. The van der Waals surface area contributed by atoms with Crippen LogP contribution in [0.15, 0.2) is 47.2 Å². The summed E-state index contributed by atoms with van der Waals surface area (Å²) in [6, 6.07) is 11.0. The first kappa shape index (κ1) is 9.16. The summed E-state index contributed by atoms with van der Waals surface area (Å²) in [4.78, 5) is 0. The van der Waals surface area contributed by atoms with Crippen molar-refractivity contribution in [3.63, 3.8) is 0 Å². The molecule has 0 spiro atoms. The van der Waals surface area contributed by atoms with E-state index in [1.54, 1.807) is 29.5 Å². The summed E-state index contributed by atoms with van der Waals surface area (Å²) in [5.41, 5.74) is 1.54. The van der Waals surface area contributed by atoms with Crippen molar-refractivity contribution >= 4 is 23.2 Å². The quantitative estimate of drug-likeness (QED) is 0.687. The highest BCUT2D eigenvalue weighted by Gasteiger charge is 1.98. The van der Waals surface area contributed by atoms with Gasteiger partial charge in [-0.3, -0.25) is 0 Å². The molecule has 2 heteroatoms. The van der Waals surface area contributed by atoms with Crippen LogP contribution in [0.2, 0.25) is 0 Å². The minimum atomic E-state index is -0.191. The number of thiophene rings is 1. The molecule has 0 amide bonds. The Hall–Kier alpha value is -1.41. The molecule has 0 aliphatic carbocycles. The van der Waals surface area contributed by atoms with E-state index in [9.17, 15) is 4.39 Å². The molecule has 70 valence electrons. The van der Waals surface area contributed by atoms with Crippen LogP contribution in [0, 0.1) is 0 Å². The molecule has 0 radical (unpaired) electrons. The van der Waals surface area contributed by atoms with Crippen molar-refractivity contribution in [2.24, 2.45) is 0 Å². The monoisotopic (exact) mass is 204 g/mol. The first-order chi connectivity index (χ1) is 6.86. The van der Waals surface area contributed by atoms with Crippen LogP contribution >= 0.6 is 11.3 Å². The van der Waals surface area contributed by atoms with Crippen molar-refractivity contribution in [2.45, 2.75) is 0 Å². The van der Waals surface area contributed by atoms with Crippen LogP contribution in [0.25, 0.3) is 11.9 Å². The van der Waals surface area contributed by atoms with E-state index in [2.05, 4.69) is 0 Å². The van der Waals surface area contributed by atoms with E-state index in [0.29, 0.717) is 5.56 Å². The molecule has 0 aliphatic heterocycles. The molecule has 0 N–H and O–H groups in total. The SMILES string of the molecule is F/C(=C/c1ccsc1)c1ccccc1. The van der Waals surface area contributed by atoms with Gasteiger partial charge in [-0.1, -0.05) is 30.3 Å². The fourth-order valence-corrected chi connectivity index (χ4v) is 1.80. The highest BCUT2D eigenvalue weighted by molar-refractivity contribution is 7.08. The third kappa shape index (κ3) is 2.09. The summed E-state index contributed by atoms with van der Waals surface area (Å²) in [7, 11) is 0. The second-order valence-corrected chi connectivity index (χ2v) is 3.70. The zero-order chi connectivity index (χ0) is 9.80. The van der Waals surface area contributed by atoms with Crippen molar-refractivity contribution in [3.8, 4) is 0 Å². The highest BCUT2D eigenvalue weighted by atomic mass is 32.1. The molecule has 1 aromatic heterocycles. The molecule has 2 aromatic rings. The van der Waals surface area contributed by atoms with Crippen molar-refractivity contribution in [3.05, 3.63) is 58.3 Å². The van der Waals surface area contributed by atoms with E-state index in [-0.39, 0.29) is 5.83 Å². The number of benzene rings is 1. The summed E-state index contributed by atoms with van der Waals surface area (Å²) in [5, 5.41) is 3.85. The number of halogens is 1. The average molecular weight is 204 g/mol. The van der Waals surface area contributed by atoms with Gasteiger partial charge in [0.1, 0.15) is 5.83 Å². The molecule has 1 heterocycles. The van der Waals surface area contributed by atoms with Gasteiger partial charge in [0.2, 0.25) is 0 Å². The molecule has 0 saturated carbocycles. The molecule has 0 unspecified atom stereocenters. The molecule has 14 heavy (non-hydrogen) atoms. The van der Waals surface area contributed by atoms with E-state index >= 15 is 0 Å². The summed E-state index contributed by atoms with van der Waals surface area (Å²) >= 11 is 1.57. The van der Waals surface area contributed by atoms with Crippen LogP contribution in [-0.4, -0.2) is 0 Å². The first-order valence-corrected chi connectivity index (χ1v) is 5.25. The van der Waals surface area contributed by atoms with Gasteiger partial charge in [-0.05, 0) is 28.5 Å². The predicted molar refractivity (Wildman–Crippen MR) is 59.7 cm³/mol. The maximum absolute atomic E-state index is 13.6. The zero-order valence-corrected chi connectivity index (χ0v) is 8.30. The summed E-state index contributed by atoms with van der Waals surface area (Å²) in [5.74, 6) is -0.191. The topological polar surface area (TPSA) is 0 Å². The smallest absolute Gasteiger partial charge is 0.131 e. The zero-order valence-electron chi connectivity index (χ0n) is 7.48. The normalized spacial score (nSPS) is 11.6. The van der Waals surface area contributed by atoms with Gasteiger partial charge in [0.25, 0.3) is 0 Å². The molecule has 0 atom stereocenters. The second kappa shape index (κ2) is 4.20. The lowest BCUT2D eigenvalue weighted by molar-refractivity contribution is 0.765. The van der Waals surface area contributed by atoms with Crippen molar-refractivity contribution in [2.75, 3.05) is 0 Å². The number of hydrogen-bond acceptors (Lipinski definition) is 1. The molecule has 1 aromatic carbocycles. The fraction of sp³-hybridized carbons (Fsp3) is 0. The summed E-state index contributed by atoms with van der Waals surface area (Å²) in [6.45, 7) is 0. The van der Waals surface area contributed by atoms with Crippen LogP contribution in [0.4, 0.5) is 4.39 Å². The van der Waals surface area contributed by atoms with E-state index in [0.717, 1.165) is 5.56 Å². The lowest BCUT2D eigenvalue weighted by Gasteiger charge is -1.95. The number of rotatable bonds is 2. The molecule has 0 fully saturated rings. The van der Waals surface area contributed by atoms with Gasteiger partial charge in [-0.15, -0.1) is 0 Å². The molecule has 0 nitrogen and oxygen atoms in total. The Bertz CT molecular complexity index is 415. The van der Waals surface area contributed by atoms with E-state index in [4.69, 9.17) is 0 Å². The molecule has 0 saturated heterocycles. The van der Waals surface area contributed by atoms with Gasteiger partial charge >= 0.3 is 0 Å². The van der Waals surface area contributed by atoms with Gasteiger partial charge < -0.3 is 0 Å². The Balaban J connectivity index is 2.29. The van der Waals surface area contributed by atoms with Crippen molar-refractivity contribution in [1.82, 2.24) is 0 Å². The van der Waals surface area contributed by atoms with Crippen LogP contribution in [0.1, 0.15) is 11.1 Å². The Morgan fingerprint density at radius 1 is 1.14 bits per heavy atom. The van der Waals surface area contributed by atoms with E-state index < -0.39 is 0 Å². The minimum Gasteiger partial charge on any atom is -0.206 e. The Morgan fingerprint density at radius 2 is 1.93 bits per heavy atom. The van der Waals surface area contributed by atoms with Crippen molar-refractivity contribution in [1.29, 1.82) is 0 Å². The number of hydrogen-bond donors (Lipinski definition) is 0. The molecule has 2 rings (SSSR count). The second-order valence-electron chi connectivity index (χ2n) is 2.91. The van der Waals surface area contributed by atoms with Gasteiger partial charge in [0, 0.05) is 5.56 Å². The van der Waals surface area contributed by atoms with E-state index in [1.165, 1.54) is 0 Å². The minimum absolute atomic E-state index is 0.191. The standard InChI is InChI=1S/C12H9FS/c13-12(8-10-6-7-14-9-10)11-4-2-1-3-5-11/h1-9H/b12-8+. The third-order valence-corrected chi connectivity index (χ3v) is 2.59. The Kier molecular flexibility index (Phi) is 2.75. The Labute approximate surface area is 86.3 Å². The van der Waals surface area contributed by atoms with Gasteiger partial charge in [0.15, 0.2) is 0 Å². The highest BCUT2D eigenvalue weighted by Crippen LogP contribution is 2.20. The molecule has 0 bridgehead atoms. The van der Waals surface area contributed by atoms with Crippen LogP contribution in [0.5, 0.6) is 0 Å². The maximum atomic E-state index is 13.6. The van der Waals surface area contributed by atoms with Gasteiger partial charge in [-0.2, -0.15) is 11.3 Å². The predicted octanol–water partition coefficient (Wildman–Crippen LogP) is 4.22. The Morgan fingerprint density at radius 3 is 2.57 bits per heavy atom. The van der Waals surface area contributed by atoms with Crippen LogP contribution in [-0.2, 0) is 0 Å². The van der Waals surface area contributed by atoms with E-state index in [1.807, 2.05) is 35.0 Å². The average Bonchev–Trinajstić information content (AvgIpc) is 2.72. The van der Waals surface area contributed by atoms with Crippen LogP contribution < -0.4 is 0 Å². The molecular formula is C12H9FS. The van der Waals surface area contributed by atoms with Gasteiger partial charge in [-0.25, -0.2) is 4.39 Å². The molecule has 0 aliphatic rings. The summed E-state index contributed by atoms with van der Waals surface area (Å²) in [6.07, 6.45) is 1.55. The van der Waals surface area contributed by atoms with Crippen molar-refractivity contribution < 1.29 is 4.39 Å². The lowest BCUT2D eigenvalue weighted by atomic mass is 10.1. The maximum Gasteiger partial charge on any atom is 0.131 e. The first-order valence-electron chi connectivity index (χ1n) is 4.31. The summed E-state index contributed by atoms with van der Waals surface area (Å²) < 4.78 is 13.6. The largest absolute Gasteiger partial charge is 0.206 e. The van der Waals surface area contributed by atoms with Gasteiger partial charge in [0.05, 0.1) is 0 Å². The lowest BCUT2D eigenvalue weighted by Crippen LogP contribution is -1.75. The third-order valence-electron chi connectivity index (χ3n) is 1.89.